The van der Waals surface area contributed by atoms with Crippen molar-refractivity contribution in [1.29, 1.82) is 0 Å². The van der Waals surface area contributed by atoms with Crippen LogP contribution < -0.4 is 24.8 Å². The lowest BCUT2D eigenvalue weighted by molar-refractivity contribution is 0.0168. The van der Waals surface area contributed by atoms with Crippen LogP contribution in [0.15, 0.2) is 17.1 Å². The van der Waals surface area contributed by atoms with Crippen molar-refractivity contribution in [1.82, 2.24) is 10.6 Å². The van der Waals surface area contributed by atoms with Crippen LogP contribution in [0, 0.1) is 0 Å². The molecule has 1 fully saturated rings. The van der Waals surface area contributed by atoms with Gasteiger partial charge < -0.3 is 34.3 Å². The molecule has 1 saturated heterocycles. The zero-order chi connectivity index (χ0) is 20.2. The molecule has 1 aliphatic heterocycles. The van der Waals surface area contributed by atoms with E-state index in [4.69, 9.17) is 23.7 Å². The van der Waals surface area contributed by atoms with Crippen molar-refractivity contribution in [3.63, 3.8) is 0 Å². The van der Waals surface area contributed by atoms with E-state index in [1.54, 1.807) is 28.4 Å². The van der Waals surface area contributed by atoms with Gasteiger partial charge in [-0.15, -0.1) is 0 Å². The lowest BCUT2D eigenvalue weighted by Crippen LogP contribution is -2.37. The van der Waals surface area contributed by atoms with E-state index in [1.165, 1.54) is 0 Å². The summed E-state index contributed by atoms with van der Waals surface area (Å²) < 4.78 is 27.3. The molecule has 0 saturated carbocycles. The average Bonchev–Trinajstić information content (AvgIpc) is 3.25. The normalized spacial score (nSPS) is 16.7. The highest BCUT2D eigenvalue weighted by atomic mass is 16.5. The number of hydrogen-bond acceptors (Lipinski definition) is 6. The number of benzene rings is 1. The Labute approximate surface area is 167 Å². The minimum absolute atomic E-state index is 0.279. The van der Waals surface area contributed by atoms with Gasteiger partial charge in [0.1, 0.15) is 0 Å². The molecule has 1 atom stereocenters. The van der Waals surface area contributed by atoms with Crippen LogP contribution in [-0.4, -0.2) is 66.8 Å². The smallest absolute Gasteiger partial charge is 0.203 e. The topological polar surface area (TPSA) is 82.6 Å². The summed E-state index contributed by atoms with van der Waals surface area (Å²) >= 11 is 0. The molecule has 158 valence electrons. The number of nitrogens with zero attached hydrogens (tertiary/aromatic N) is 1. The minimum Gasteiger partial charge on any atom is -0.493 e. The van der Waals surface area contributed by atoms with Gasteiger partial charge in [-0.3, -0.25) is 4.99 Å². The second kappa shape index (κ2) is 12.3. The number of nitrogens with one attached hydrogen (secondary N) is 2. The van der Waals surface area contributed by atoms with Crippen molar-refractivity contribution in [3.8, 4) is 17.2 Å². The first kappa shape index (κ1) is 22.1. The molecule has 0 bridgehead atoms. The quantitative estimate of drug-likeness (QED) is 0.337. The number of hydrogen-bond donors (Lipinski definition) is 2. The second-order valence-corrected chi connectivity index (χ2v) is 6.45. The summed E-state index contributed by atoms with van der Waals surface area (Å²) in [5.74, 6) is 2.57. The molecule has 8 nitrogen and oxygen atoms in total. The van der Waals surface area contributed by atoms with Crippen LogP contribution >= 0.6 is 0 Å². The zero-order valence-electron chi connectivity index (χ0n) is 17.4. The molecule has 0 spiro atoms. The van der Waals surface area contributed by atoms with Gasteiger partial charge in [-0.1, -0.05) is 0 Å². The van der Waals surface area contributed by atoms with Gasteiger partial charge in [0, 0.05) is 33.4 Å². The number of rotatable bonds is 11. The third-order valence-corrected chi connectivity index (χ3v) is 4.49. The van der Waals surface area contributed by atoms with E-state index >= 15 is 0 Å². The Morgan fingerprint density at radius 3 is 2.46 bits per heavy atom. The first-order valence-corrected chi connectivity index (χ1v) is 9.64. The molecule has 2 rings (SSSR count). The van der Waals surface area contributed by atoms with Crippen molar-refractivity contribution in [2.24, 2.45) is 4.99 Å². The molecule has 1 unspecified atom stereocenters. The van der Waals surface area contributed by atoms with Gasteiger partial charge in [0.25, 0.3) is 0 Å². The second-order valence-electron chi connectivity index (χ2n) is 6.45. The Kier molecular flexibility index (Phi) is 9.71. The third kappa shape index (κ3) is 6.76. The number of guanidine groups is 1. The van der Waals surface area contributed by atoms with E-state index in [0.29, 0.717) is 37.0 Å². The predicted molar refractivity (Wildman–Crippen MR) is 109 cm³/mol. The molecule has 0 aromatic heterocycles. The summed E-state index contributed by atoms with van der Waals surface area (Å²) in [6.07, 6.45) is 3.43. The van der Waals surface area contributed by atoms with E-state index < -0.39 is 0 Å². The molecule has 2 N–H and O–H groups in total. The molecule has 0 amide bonds. The molecule has 8 heteroatoms. The molecule has 0 aliphatic carbocycles. The van der Waals surface area contributed by atoms with Gasteiger partial charge in [0.05, 0.1) is 34.0 Å². The molecule has 1 aromatic carbocycles. The van der Waals surface area contributed by atoms with Crippen molar-refractivity contribution in [2.45, 2.75) is 31.9 Å². The number of aliphatic imine (C=N–C) groups is 1. The van der Waals surface area contributed by atoms with Crippen molar-refractivity contribution < 1.29 is 23.7 Å². The van der Waals surface area contributed by atoms with Crippen LogP contribution in [0.3, 0.4) is 0 Å². The maximum atomic E-state index is 5.67. The molecule has 28 heavy (non-hydrogen) atoms. The maximum absolute atomic E-state index is 5.67. The Hall–Kier alpha value is -2.19. The maximum Gasteiger partial charge on any atom is 0.203 e. The number of methoxy groups -OCH3 is 3. The monoisotopic (exact) mass is 395 g/mol. The van der Waals surface area contributed by atoms with Gasteiger partial charge in [-0.2, -0.15) is 0 Å². The summed E-state index contributed by atoms with van der Waals surface area (Å²) in [6.45, 7) is 3.61. The molecular formula is C20H33N3O5. The molecule has 1 heterocycles. The van der Waals surface area contributed by atoms with E-state index in [-0.39, 0.29) is 6.10 Å². The summed E-state index contributed by atoms with van der Waals surface area (Å²) in [5, 5.41) is 6.58. The van der Waals surface area contributed by atoms with E-state index in [1.807, 2.05) is 12.1 Å². The Morgan fingerprint density at radius 1 is 1.14 bits per heavy atom. The highest BCUT2D eigenvalue weighted by Crippen LogP contribution is 2.38. The van der Waals surface area contributed by atoms with E-state index in [2.05, 4.69) is 15.6 Å². The molecular weight excluding hydrogens is 362 g/mol. The van der Waals surface area contributed by atoms with Gasteiger partial charge in [-0.05, 0) is 37.0 Å². The average molecular weight is 396 g/mol. The fourth-order valence-corrected chi connectivity index (χ4v) is 3.02. The Morgan fingerprint density at radius 2 is 1.89 bits per heavy atom. The fraction of sp³-hybridized carbons (Fsp3) is 0.650. The van der Waals surface area contributed by atoms with E-state index in [0.717, 1.165) is 43.9 Å². The summed E-state index contributed by atoms with van der Waals surface area (Å²) in [4.78, 5) is 4.25. The van der Waals surface area contributed by atoms with Crippen LogP contribution in [0.25, 0.3) is 0 Å². The number of ether oxygens (including phenoxy) is 5. The van der Waals surface area contributed by atoms with Crippen LogP contribution in [0.2, 0.25) is 0 Å². The van der Waals surface area contributed by atoms with Crippen LogP contribution in [0.4, 0.5) is 0 Å². The van der Waals surface area contributed by atoms with Gasteiger partial charge in [0.15, 0.2) is 17.5 Å². The van der Waals surface area contributed by atoms with Gasteiger partial charge in [-0.25, -0.2) is 0 Å². The molecule has 0 radical (unpaired) electrons. The Balaban J connectivity index is 1.72. The lowest BCUT2D eigenvalue weighted by atomic mass is 10.2. The zero-order valence-corrected chi connectivity index (χ0v) is 17.4. The SMILES string of the molecule is CN=C(NCCCOCC1CCCO1)NCc1cc(OC)c(OC)c(OC)c1. The van der Waals surface area contributed by atoms with Crippen molar-refractivity contribution in [2.75, 3.05) is 54.7 Å². The molecule has 1 aliphatic rings. The predicted octanol–water partition coefficient (Wildman–Crippen LogP) is 1.96. The fourth-order valence-electron chi connectivity index (χ4n) is 3.02. The highest BCUT2D eigenvalue weighted by Gasteiger charge is 2.15. The summed E-state index contributed by atoms with van der Waals surface area (Å²) in [7, 11) is 6.55. The lowest BCUT2D eigenvalue weighted by Gasteiger charge is -2.16. The van der Waals surface area contributed by atoms with Gasteiger partial charge >= 0.3 is 0 Å². The molecule has 1 aromatic rings. The highest BCUT2D eigenvalue weighted by molar-refractivity contribution is 5.79. The Bertz CT molecular complexity index is 593. The van der Waals surface area contributed by atoms with E-state index in [9.17, 15) is 0 Å². The van der Waals surface area contributed by atoms with Crippen LogP contribution in [0.1, 0.15) is 24.8 Å². The van der Waals surface area contributed by atoms with Crippen LogP contribution in [0.5, 0.6) is 17.2 Å². The summed E-state index contributed by atoms with van der Waals surface area (Å²) in [5.41, 5.74) is 0.998. The first-order chi connectivity index (χ1) is 13.7. The van der Waals surface area contributed by atoms with Gasteiger partial charge in [0.2, 0.25) is 5.75 Å². The van der Waals surface area contributed by atoms with Crippen molar-refractivity contribution in [3.05, 3.63) is 17.7 Å². The third-order valence-electron chi connectivity index (χ3n) is 4.49. The standard InChI is InChI=1S/C20H33N3O5/c1-21-20(22-8-6-9-27-14-16-7-5-10-28-16)23-13-15-11-17(24-2)19(26-4)18(12-15)25-3/h11-12,16H,5-10,13-14H2,1-4H3,(H2,21,22,23). The minimum atomic E-state index is 0.279. The summed E-state index contributed by atoms with van der Waals surface area (Å²) in [6, 6.07) is 3.83. The van der Waals surface area contributed by atoms with Crippen LogP contribution in [-0.2, 0) is 16.0 Å². The largest absolute Gasteiger partial charge is 0.493 e. The first-order valence-electron chi connectivity index (χ1n) is 9.64. The van der Waals surface area contributed by atoms with Crippen molar-refractivity contribution >= 4 is 5.96 Å².